The number of nitrogens with one attached hydrogen (secondary N) is 1. The Hall–Kier alpha value is -3.82. The van der Waals surface area contributed by atoms with Crippen molar-refractivity contribution in [3.63, 3.8) is 0 Å². The first-order chi connectivity index (χ1) is 18.3. The van der Waals surface area contributed by atoms with Crippen molar-refractivity contribution in [1.82, 2.24) is 14.9 Å². The largest absolute Gasteiger partial charge is 0.396 e. The number of hydrogen-bond acceptors (Lipinski definition) is 7. The van der Waals surface area contributed by atoms with Crippen LogP contribution >= 0.6 is 0 Å². The maximum absolute atomic E-state index is 13.7. The van der Waals surface area contributed by atoms with Crippen LogP contribution in [0.15, 0.2) is 54.7 Å². The van der Waals surface area contributed by atoms with E-state index in [1.807, 2.05) is 55.5 Å². The number of aryl methyl sites for hydroxylation is 1. The predicted molar refractivity (Wildman–Crippen MR) is 143 cm³/mol. The molecule has 9 heteroatoms. The molecule has 1 aromatic carbocycles. The first kappa shape index (κ1) is 25.8. The molecule has 1 fully saturated rings. The van der Waals surface area contributed by atoms with Crippen LogP contribution in [0.25, 0.3) is 11.3 Å². The summed E-state index contributed by atoms with van der Waals surface area (Å²) < 4.78 is 5.43. The normalized spacial score (nSPS) is 18.1. The van der Waals surface area contributed by atoms with Gasteiger partial charge in [-0.25, -0.2) is 9.97 Å². The molecule has 2 amide bonds. The summed E-state index contributed by atoms with van der Waals surface area (Å²) in [5, 5.41) is 13.8. The zero-order valence-electron chi connectivity index (χ0n) is 21.7. The summed E-state index contributed by atoms with van der Waals surface area (Å²) in [5.41, 5.74) is 8.65. The second-order valence-corrected chi connectivity index (χ2v) is 10.2. The average molecular weight is 516 g/mol. The number of ether oxygens (including phenoxy) is 1. The van der Waals surface area contributed by atoms with Crippen LogP contribution in [-0.4, -0.2) is 63.2 Å². The lowest BCUT2D eigenvalue weighted by Crippen LogP contribution is -2.60. The molecule has 0 bridgehead atoms. The van der Waals surface area contributed by atoms with E-state index in [2.05, 4.69) is 10.3 Å². The van der Waals surface area contributed by atoms with Gasteiger partial charge in [0.2, 0.25) is 5.91 Å². The Morgan fingerprint density at radius 1 is 1.24 bits per heavy atom. The molecular formula is C29H33N5O4. The molecule has 2 aromatic heterocycles. The van der Waals surface area contributed by atoms with Gasteiger partial charge in [0.05, 0.1) is 12.3 Å². The first-order valence-electron chi connectivity index (χ1n) is 12.9. The minimum Gasteiger partial charge on any atom is -0.396 e. The molecule has 4 N–H and O–H groups in total. The van der Waals surface area contributed by atoms with Crippen molar-refractivity contribution in [1.29, 1.82) is 0 Å². The zero-order valence-corrected chi connectivity index (χ0v) is 21.7. The molecule has 0 aliphatic carbocycles. The number of nitrogens with zero attached hydrogens (tertiary/aromatic N) is 3. The van der Waals surface area contributed by atoms with E-state index in [-0.39, 0.29) is 24.8 Å². The summed E-state index contributed by atoms with van der Waals surface area (Å²) >= 11 is 0. The molecule has 0 saturated carbocycles. The van der Waals surface area contributed by atoms with E-state index in [9.17, 15) is 14.7 Å². The Morgan fingerprint density at radius 3 is 2.74 bits per heavy atom. The van der Waals surface area contributed by atoms with Crippen LogP contribution in [0, 0.1) is 6.92 Å². The number of rotatable bonds is 8. The van der Waals surface area contributed by atoms with Gasteiger partial charge in [-0.3, -0.25) is 9.59 Å². The van der Waals surface area contributed by atoms with Gasteiger partial charge in [-0.1, -0.05) is 35.9 Å². The molecule has 3 aromatic rings. The minimum absolute atomic E-state index is 0.177. The molecule has 2 atom stereocenters. The molecule has 198 valence electrons. The molecule has 9 nitrogen and oxygen atoms in total. The molecule has 0 radical (unpaired) electrons. The van der Waals surface area contributed by atoms with Gasteiger partial charge in [-0.15, -0.1) is 0 Å². The van der Waals surface area contributed by atoms with Crippen molar-refractivity contribution in [2.75, 3.05) is 25.1 Å². The number of hydrogen-bond donors (Lipinski definition) is 3. The van der Waals surface area contributed by atoms with Crippen molar-refractivity contribution in [3.8, 4) is 11.3 Å². The van der Waals surface area contributed by atoms with Gasteiger partial charge >= 0.3 is 0 Å². The lowest BCUT2D eigenvalue weighted by molar-refractivity contribution is -0.130. The van der Waals surface area contributed by atoms with Gasteiger partial charge < -0.3 is 25.8 Å². The van der Waals surface area contributed by atoms with E-state index in [0.29, 0.717) is 17.3 Å². The number of fused-ring (bicyclic) bond motifs is 1. The molecule has 0 spiro atoms. The Balaban J connectivity index is 1.44. The second kappa shape index (κ2) is 10.5. The van der Waals surface area contributed by atoms with Gasteiger partial charge in [0, 0.05) is 49.0 Å². The lowest BCUT2D eigenvalue weighted by atomic mass is 9.78. The van der Waals surface area contributed by atoms with Crippen molar-refractivity contribution in [2.45, 2.75) is 50.7 Å². The van der Waals surface area contributed by atoms with Gasteiger partial charge in [0.25, 0.3) is 5.91 Å². The lowest BCUT2D eigenvalue weighted by Gasteiger charge is -2.41. The number of nitrogens with two attached hydrogens (primary N) is 1. The highest BCUT2D eigenvalue weighted by Gasteiger charge is 2.51. The maximum atomic E-state index is 13.7. The van der Waals surface area contributed by atoms with E-state index in [1.165, 1.54) is 4.90 Å². The smallest absolute Gasteiger partial charge is 0.274 e. The zero-order chi connectivity index (χ0) is 26.9. The van der Waals surface area contributed by atoms with Crippen LogP contribution in [0.5, 0.6) is 0 Å². The number of aliphatic hydroxyl groups excluding tert-OH is 1. The fourth-order valence-electron chi connectivity index (χ4n) is 5.41. The predicted octanol–water partition coefficient (Wildman–Crippen LogP) is 3.02. The quantitative estimate of drug-likeness (QED) is 0.420. The summed E-state index contributed by atoms with van der Waals surface area (Å²) in [7, 11) is 0. The van der Waals surface area contributed by atoms with Crippen LogP contribution in [-0.2, 0) is 16.1 Å². The Labute approximate surface area is 222 Å². The summed E-state index contributed by atoms with van der Waals surface area (Å²) in [6, 6.07) is 15.4. The standard InChI is InChI=1S/C29H33N5O4/c1-18-4-3-5-19(14-18)23(17-35)29(2,28(30)37)34-16-21-6-7-24(33-26(21)27(34)36)20-8-11-31-25(15-20)32-22-9-12-38-13-10-22/h3-8,11,14-15,22-23,35H,9-10,12-13,16-17H2,1-2H3,(H2,30,37)(H,31,32)/t23-,29?/m0/s1. The third-order valence-corrected chi connectivity index (χ3v) is 7.75. The molecule has 4 heterocycles. The third kappa shape index (κ3) is 4.75. The fraction of sp³-hybridized carbons (Fsp3) is 0.379. The van der Waals surface area contributed by atoms with Crippen LogP contribution in [0.1, 0.15) is 52.9 Å². The highest BCUT2D eigenvalue weighted by molar-refractivity contribution is 6.01. The first-order valence-corrected chi connectivity index (χ1v) is 12.9. The van der Waals surface area contributed by atoms with E-state index >= 15 is 0 Å². The van der Waals surface area contributed by atoms with Gasteiger partial charge in [-0.05, 0) is 50.5 Å². The number of pyridine rings is 2. The number of aromatic nitrogens is 2. The molecule has 1 saturated heterocycles. The van der Waals surface area contributed by atoms with Gasteiger partial charge in [0.15, 0.2) is 0 Å². The number of carbonyl (C=O) groups is 2. The maximum Gasteiger partial charge on any atom is 0.274 e. The number of primary amides is 1. The third-order valence-electron chi connectivity index (χ3n) is 7.75. The molecular weight excluding hydrogens is 482 g/mol. The number of amides is 2. The van der Waals surface area contributed by atoms with E-state index < -0.39 is 17.4 Å². The topological polar surface area (TPSA) is 131 Å². The summed E-state index contributed by atoms with van der Waals surface area (Å²) in [6.07, 6.45) is 3.56. The van der Waals surface area contributed by atoms with Crippen molar-refractivity contribution >= 4 is 17.6 Å². The van der Waals surface area contributed by atoms with Crippen LogP contribution in [0.3, 0.4) is 0 Å². The molecule has 2 aliphatic heterocycles. The Morgan fingerprint density at radius 2 is 2.03 bits per heavy atom. The molecule has 1 unspecified atom stereocenters. The highest BCUT2D eigenvalue weighted by Crippen LogP contribution is 2.39. The van der Waals surface area contributed by atoms with Crippen LogP contribution in [0.4, 0.5) is 5.82 Å². The van der Waals surface area contributed by atoms with E-state index in [4.69, 9.17) is 15.5 Å². The highest BCUT2D eigenvalue weighted by atomic mass is 16.5. The SMILES string of the molecule is Cc1cccc([C@H](CO)C(C)(C(N)=O)N2Cc3ccc(-c4ccnc(NC5CCOCC5)c4)nc3C2=O)c1. The fourth-order valence-corrected chi connectivity index (χ4v) is 5.41. The van der Waals surface area contributed by atoms with Gasteiger partial charge in [0.1, 0.15) is 17.1 Å². The monoisotopic (exact) mass is 515 g/mol. The van der Waals surface area contributed by atoms with Crippen molar-refractivity contribution < 1.29 is 19.4 Å². The summed E-state index contributed by atoms with van der Waals surface area (Å²) in [4.78, 5) is 37.2. The van der Waals surface area contributed by atoms with E-state index in [0.717, 1.165) is 48.6 Å². The number of carbonyl (C=O) groups excluding carboxylic acids is 2. The summed E-state index contributed by atoms with van der Waals surface area (Å²) in [5.74, 6) is -1.02. The van der Waals surface area contributed by atoms with Crippen LogP contribution in [0.2, 0.25) is 0 Å². The molecule has 5 rings (SSSR count). The number of anilines is 1. The van der Waals surface area contributed by atoms with Crippen molar-refractivity contribution in [3.05, 3.63) is 77.1 Å². The minimum atomic E-state index is -1.46. The number of benzene rings is 1. The molecule has 38 heavy (non-hydrogen) atoms. The van der Waals surface area contributed by atoms with E-state index in [1.54, 1.807) is 13.1 Å². The van der Waals surface area contributed by atoms with Gasteiger partial charge in [-0.2, -0.15) is 0 Å². The Kier molecular flexibility index (Phi) is 7.14. The van der Waals surface area contributed by atoms with Crippen molar-refractivity contribution in [2.24, 2.45) is 5.73 Å². The Bertz CT molecular complexity index is 1360. The number of aliphatic hydroxyl groups is 1. The molecule has 2 aliphatic rings. The average Bonchev–Trinajstić information content (AvgIpc) is 3.26. The summed E-state index contributed by atoms with van der Waals surface area (Å²) in [6.45, 7) is 4.85. The van der Waals surface area contributed by atoms with Crippen LogP contribution < -0.4 is 11.1 Å². The second-order valence-electron chi connectivity index (χ2n) is 10.2.